The zero-order chi connectivity index (χ0) is 17.9. The molecule has 1 saturated heterocycles. The second-order valence-electron chi connectivity index (χ2n) is 7.07. The van der Waals surface area contributed by atoms with Crippen LogP contribution in [0, 0.1) is 13.8 Å². The molecular formula is C17H29IN4O3. The van der Waals surface area contributed by atoms with Crippen molar-refractivity contribution in [1.82, 2.24) is 9.80 Å². The van der Waals surface area contributed by atoms with Crippen LogP contribution in [0.15, 0.2) is 15.5 Å². The highest BCUT2D eigenvalue weighted by molar-refractivity contribution is 14.0. The van der Waals surface area contributed by atoms with Gasteiger partial charge in [0, 0.05) is 31.7 Å². The standard InChI is InChI=1S/C17H28N4O3.HI/c1-12-10-14(13(2)23-12)11-19-15(18)20-6-8-21(9-7-20)16(22)24-17(3,4)5;/h10H,6-9,11H2,1-5H3,(H2,18,19);1H. The molecule has 1 aliphatic rings. The summed E-state index contributed by atoms with van der Waals surface area (Å²) < 4.78 is 10.9. The summed E-state index contributed by atoms with van der Waals surface area (Å²) in [7, 11) is 0. The molecular weight excluding hydrogens is 435 g/mol. The maximum atomic E-state index is 12.1. The minimum atomic E-state index is -0.477. The fraction of sp³-hybridized carbons (Fsp3) is 0.647. The number of aliphatic imine (C=N–C) groups is 1. The summed E-state index contributed by atoms with van der Waals surface area (Å²) in [5.41, 5.74) is 6.65. The van der Waals surface area contributed by atoms with Gasteiger partial charge in [-0.05, 0) is 40.7 Å². The van der Waals surface area contributed by atoms with Crippen LogP contribution in [-0.4, -0.2) is 53.6 Å². The fourth-order valence-corrected chi connectivity index (χ4v) is 2.55. The third-order valence-corrected chi connectivity index (χ3v) is 3.81. The zero-order valence-corrected chi connectivity index (χ0v) is 18.0. The summed E-state index contributed by atoms with van der Waals surface area (Å²) >= 11 is 0. The molecule has 0 spiro atoms. The molecule has 2 N–H and O–H groups in total. The maximum Gasteiger partial charge on any atom is 0.410 e. The molecule has 1 fully saturated rings. The first-order valence-electron chi connectivity index (χ1n) is 8.24. The number of rotatable bonds is 2. The topological polar surface area (TPSA) is 84.3 Å². The van der Waals surface area contributed by atoms with Crippen molar-refractivity contribution in [3.63, 3.8) is 0 Å². The van der Waals surface area contributed by atoms with Gasteiger partial charge in [-0.3, -0.25) is 0 Å². The Morgan fingerprint density at radius 2 is 1.80 bits per heavy atom. The number of hydrogen-bond donors (Lipinski definition) is 1. The summed E-state index contributed by atoms with van der Waals surface area (Å²) in [5.74, 6) is 2.25. The summed E-state index contributed by atoms with van der Waals surface area (Å²) in [6.07, 6.45) is -0.276. The number of halogens is 1. The van der Waals surface area contributed by atoms with Crippen LogP contribution >= 0.6 is 24.0 Å². The Balaban J connectivity index is 0.00000312. The smallest absolute Gasteiger partial charge is 0.410 e. The molecule has 0 unspecified atom stereocenters. The molecule has 8 heteroatoms. The van der Waals surface area contributed by atoms with E-state index >= 15 is 0 Å². The van der Waals surface area contributed by atoms with Crippen molar-refractivity contribution < 1.29 is 13.9 Å². The Labute approximate surface area is 166 Å². The summed E-state index contributed by atoms with van der Waals surface area (Å²) in [6, 6.07) is 1.98. The molecule has 1 amide bonds. The monoisotopic (exact) mass is 464 g/mol. The van der Waals surface area contributed by atoms with Gasteiger partial charge in [0.05, 0.1) is 6.54 Å². The van der Waals surface area contributed by atoms with E-state index in [0.717, 1.165) is 17.1 Å². The SMILES string of the molecule is Cc1cc(CN=C(N)N2CCN(C(=O)OC(C)(C)C)CC2)c(C)o1.I. The van der Waals surface area contributed by atoms with Crippen molar-refractivity contribution in [2.75, 3.05) is 26.2 Å². The highest BCUT2D eigenvalue weighted by Gasteiger charge is 2.26. The third-order valence-electron chi connectivity index (χ3n) is 3.81. The lowest BCUT2D eigenvalue weighted by molar-refractivity contribution is 0.0186. The van der Waals surface area contributed by atoms with Crippen LogP contribution in [0.3, 0.4) is 0 Å². The van der Waals surface area contributed by atoms with E-state index in [0.29, 0.717) is 38.7 Å². The van der Waals surface area contributed by atoms with Crippen molar-refractivity contribution in [2.24, 2.45) is 10.7 Å². The molecule has 0 bridgehead atoms. The molecule has 0 aromatic carbocycles. The molecule has 0 aliphatic carbocycles. The molecule has 0 saturated carbocycles. The van der Waals surface area contributed by atoms with Crippen LogP contribution in [0.4, 0.5) is 4.79 Å². The second kappa shape index (κ2) is 8.77. The number of aryl methyl sites for hydroxylation is 2. The van der Waals surface area contributed by atoms with Gasteiger partial charge < -0.3 is 24.7 Å². The Kier molecular flexibility index (Phi) is 7.58. The number of guanidine groups is 1. The summed E-state index contributed by atoms with van der Waals surface area (Å²) in [5, 5.41) is 0. The quantitative estimate of drug-likeness (QED) is 0.414. The number of carbonyl (C=O) groups is 1. The lowest BCUT2D eigenvalue weighted by Crippen LogP contribution is -2.53. The first kappa shape index (κ1) is 21.6. The molecule has 2 rings (SSSR count). The lowest BCUT2D eigenvalue weighted by atomic mass is 10.2. The lowest BCUT2D eigenvalue weighted by Gasteiger charge is -2.36. The van der Waals surface area contributed by atoms with Crippen molar-refractivity contribution >= 4 is 36.0 Å². The van der Waals surface area contributed by atoms with E-state index in [1.54, 1.807) is 4.90 Å². The normalized spacial score (nSPS) is 15.8. The summed E-state index contributed by atoms with van der Waals surface area (Å²) in [4.78, 5) is 20.2. The Morgan fingerprint density at radius 3 is 2.28 bits per heavy atom. The van der Waals surface area contributed by atoms with E-state index in [-0.39, 0.29) is 30.1 Å². The number of nitrogens with two attached hydrogens (primary N) is 1. The van der Waals surface area contributed by atoms with E-state index in [2.05, 4.69) is 4.99 Å². The average molecular weight is 464 g/mol. The van der Waals surface area contributed by atoms with E-state index in [4.69, 9.17) is 14.9 Å². The van der Waals surface area contributed by atoms with Gasteiger partial charge >= 0.3 is 6.09 Å². The molecule has 7 nitrogen and oxygen atoms in total. The van der Waals surface area contributed by atoms with Gasteiger partial charge in [0.2, 0.25) is 0 Å². The predicted molar refractivity (Wildman–Crippen MR) is 108 cm³/mol. The first-order chi connectivity index (χ1) is 11.2. The van der Waals surface area contributed by atoms with Gasteiger partial charge in [0.25, 0.3) is 0 Å². The molecule has 0 radical (unpaired) electrons. The van der Waals surface area contributed by atoms with Crippen LogP contribution in [0.25, 0.3) is 0 Å². The summed E-state index contributed by atoms with van der Waals surface area (Å²) in [6.45, 7) is 12.4. The van der Waals surface area contributed by atoms with Crippen molar-refractivity contribution in [3.05, 3.63) is 23.2 Å². The number of carbonyl (C=O) groups excluding carboxylic acids is 1. The number of furan rings is 1. The van der Waals surface area contributed by atoms with Gasteiger partial charge in [-0.25, -0.2) is 9.79 Å². The molecule has 142 valence electrons. The number of piperazine rings is 1. The van der Waals surface area contributed by atoms with Crippen LogP contribution in [-0.2, 0) is 11.3 Å². The van der Waals surface area contributed by atoms with Crippen LogP contribution in [0.5, 0.6) is 0 Å². The third kappa shape index (κ3) is 6.41. The van der Waals surface area contributed by atoms with Gasteiger partial charge in [0.1, 0.15) is 17.1 Å². The number of hydrogen-bond acceptors (Lipinski definition) is 4. The highest BCUT2D eigenvalue weighted by atomic mass is 127. The Bertz CT molecular complexity index is 614. The largest absolute Gasteiger partial charge is 0.466 e. The zero-order valence-electron chi connectivity index (χ0n) is 15.7. The number of amides is 1. The molecule has 0 atom stereocenters. The van der Waals surface area contributed by atoms with E-state index in [1.165, 1.54) is 0 Å². The molecule has 1 aromatic rings. The van der Waals surface area contributed by atoms with Crippen LogP contribution in [0.2, 0.25) is 0 Å². The highest BCUT2D eigenvalue weighted by Crippen LogP contribution is 2.15. The van der Waals surface area contributed by atoms with Gasteiger partial charge in [-0.15, -0.1) is 24.0 Å². The minimum Gasteiger partial charge on any atom is -0.466 e. The maximum absolute atomic E-state index is 12.1. The van der Waals surface area contributed by atoms with E-state index in [1.807, 2.05) is 45.6 Å². The van der Waals surface area contributed by atoms with Crippen LogP contribution < -0.4 is 5.73 Å². The van der Waals surface area contributed by atoms with Gasteiger partial charge in [-0.2, -0.15) is 0 Å². The van der Waals surface area contributed by atoms with Gasteiger partial charge in [-0.1, -0.05) is 0 Å². The minimum absolute atomic E-state index is 0. The van der Waals surface area contributed by atoms with Crippen LogP contribution in [0.1, 0.15) is 37.9 Å². The average Bonchev–Trinajstić information content (AvgIpc) is 2.81. The molecule has 2 heterocycles. The van der Waals surface area contributed by atoms with E-state index in [9.17, 15) is 4.79 Å². The molecule has 1 aliphatic heterocycles. The Hall–Kier alpha value is -1.45. The predicted octanol–water partition coefficient (Wildman–Crippen LogP) is 2.88. The first-order valence-corrected chi connectivity index (χ1v) is 8.24. The Morgan fingerprint density at radius 1 is 1.24 bits per heavy atom. The fourth-order valence-electron chi connectivity index (χ4n) is 2.55. The molecule has 1 aromatic heterocycles. The number of nitrogens with zero attached hydrogens (tertiary/aromatic N) is 3. The van der Waals surface area contributed by atoms with Crippen molar-refractivity contribution in [3.8, 4) is 0 Å². The molecule has 25 heavy (non-hydrogen) atoms. The van der Waals surface area contributed by atoms with E-state index < -0.39 is 5.60 Å². The second-order valence-corrected chi connectivity index (χ2v) is 7.07. The van der Waals surface area contributed by atoms with Gasteiger partial charge in [0.15, 0.2) is 5.96 Å². The number of ether oxygens (including phenoxy) is 1. The van der Waals surface area contributed by atoms with Crippen molar-refractivity contribution in [2.45, 2.75) is 46.8 Å². The van der Waals surface area contributed by atoms with Crippen molar-refractivity contribution in [1.29, 1.82) is 0 Å².